The molecule has 0 radical (unpaired) electrons. The summed E-state index contributed by atoms with van der Waals surface area (Å²) in [6, 6.07) is 3.25. The Balaban J connectivity index is 2.62. The maximum Gasteiger partial charge on any atom is 0.310 e. The van der Waals surface area contributed by atoms with Gasteiger partial charge in [0.2, 0.25) is 0 Å². The first-order valence-corrected chi connectivity index (χ1v) is 5.35. The van der Waals surface area contributed by atoms with Gasteiger partial charge in [-0.25, -0.2) is 8.78 Å². The van der Waals surface area contributed by atoms with Crippen LogP contribution in [0.25, 0.3) is 0 Å². The molecular formula is C12H15F2NO2. The van der Waals surface area contributed by atoms with E-state index in [1.165, 1.54) is 13.2 Å². The molecule has 94 valence electrons. The van der Waals surface area contributed by atoms with Crippen molar-refractivity contribution in [1.29, 1.82) is 0 Å². The molecule has 0 saturated carbocycles. The molecule has 17 heavy (non-hydrogen) atoms. The number of benzene rings is 1. The summed E-state index contributed by atoms with van der Waals surface area (Å²) in [5, 5.41) is 2.76. The van der Waals surface area contributed by atoms with Crippen molar-refractivity contribution in [2.75, 3.05) is 19.0 Å². The summed E-state index contributed by atoms with van der Waals surface area (Å²) in [7, 11) is 1.31. The topological polar surface area (TPSA) is 38.3 Å². The summed E-state index contributed by atoms with van der Waals surface area (Å²) in [4.78, 5) is 11.3. The third-order valence-corrected chi connectivity index (χ3v) is 2.50. The molecule has 0 aliphatic rings. The Morgan fingerprint density at radius 2 is 2.18 bits per heavy atom. The van der Waals surface area contributed by atoms with Gasteiger partial charge in [-0.3, -0.25) is 4.79 Å². The van der Waals surface area contributed by atoms with Gasteiger partial charge in [-0.2, -0.15) is 0 Å². The molecule has 1 N–H and O–H groups in total. The van der Waals surface area contributed by atoms with E-state index in [0.717, 1.165) is 12.1 Å². The maximum atomic E-state index is 13.3. The average Bonchev–Trinajstić information content (AvgIpc) is 2.31. The third-order valence-electron chi connectivity index (χ3n) is 2.50. The summed E-state index contributed by atoms with van der Waals surface area (Å²) >= 11 is 0. The molecule has 0 saturated heterocycles. The van der Waals surface area contributed by atoms with Crippen molar-refractivity contribution < 1.29 is 18.3 Å². The summed E-state index contributed by atoms with van der Waals surface area (Å²) in [6.07, 6.45) is 0.586. The van der Waals surface area contributed by atoms with Crippen LogP contribution >= 0.6 is 0 Å². The van der Waals surface area contributed by atoms with Crippen molar-refractivity contribution in [2.45, 2.75) is 13.3 Å². The van der Waals surface area contributed by atoms with Crippen LogP contribution in [0, 0.1) is 17.6 Å². The normalized spacial score (nSPS) is 12.0. The number of halogens is 2. The van der Waals surface area contributed by atoms with E-state index in [1.807, 2.05) is 6.92 Å². The lowest BCUT2D eigenvalue weighted by molar-refractivity contribution is -0.145. The van der Waals surface area contributed by atoms with Crippen LogP contribution in [-0.4, -0.2) is 19.6 Å². The fourth-order valence-corrected chi connectivity index (χ4v) is 1.43. The van der Waals surface area contributed by atoms with E-state index in [2.05, 4.69) is 10.1 Å². The van der Waals surface area contributed by atoms with Crippen LogP contribution in [0.4, 0.5) is 14.5 Å². The van der Waals surface area contributed by atoms with Gasteiger partial charge in [-0.15, -0.1) is 0 Å². The minimum Gasteiger partial charge on any atom is -0.469 e. The van der Waals surface area contributed by atoms with Gasteiger partial charge < -0.3 is 10.1 Å². The minimum absolute atomic E-state index is 0.175. The zero-order valence-electron chi connectivity index (χ0n) is 9.80. The predicted octanol–water partition coefficient (Wildman–Crippen LogP) is 2.58. The van der Waals surface area contributed by atoms with E-state index in [4.69, 9.17) is 0 Å². The lowest BCUT2D eigenvalue weighted by atomic mass is 10.1. The Bertz CT molecular complexity index is 396. The van der Waals surface area contributed by atoms with Crippen molar-refractivity contribution in [3.8, 4) is 0 Å². The second-order valence-corrected chi connectivity index (χ2v) is 3.63. The van der Waals surface area contributed by atoms with Gasteiger partial charge in [0, 0.05) is 12.6 Å². The van der Waals surface area contributed by atoms with Crippen LogP contribution < -0.4 is 5.32 Å². The van der Waals surface area contributed by atoms with Crippen LogP contribution in [0.15, 0.2) is 18.2 Å². The Labute approximate surface area is 98.8 Å². The highest BCUT2D eigenvalue weighted by molar-refractivity contribution is 5.73. The maximum absolute atomic E-state index is 13.3. The molecule has 0 amide bonds. The number of carbonyl (C=O) groups excluding carboxylic acids is 1. The largest absolute Gasteiger partial charge is 0.469 e. The van der Waals surface area contributed by atoms with Crippen LogP contribution in [0.1, 0.15) is 13.3 Å². The number of methoxy groups -OCH3 is 1. The number of ether oxygens (including phenoxy) is 1. The van der Waals surface area contributed by atoms with E-state index >= 15 is 0 Å². The lowest BCUT2D eigenvalue weighted by Gasteiger charge is -2.14. The monoisotopic (exact) mass is 243 g/mol. The van der Waals surface area contributed by atoms with E-state index in [-0.39, 0.29) is 24.1 Å². The molecule has 1 atom stereocenters. The molecule has 1 aromatic carbocycles. The van der Waals surface area contributed by atoms with Gasteiger partial charge in [0.1, 0.15) is 11.6 Å². The van der Waals surface area contributed by atoms with Gasteiger partial charge >= 0.3 is 5.97 Å². The smallest absolute Gasteiger partial charge is 0.310 e. The number of hydrogen-bond acceptors (Lipinski definition) is 3. The molecule has 0 aliphatic carbocycles. The zero-order chi connectivity index (χ0) is 12.8. The zero-order valence-corrected chi connectivity index (χ0v) is 9.80. The number of hydrogen-bond donors (Lipinski definition) is 1. The van der Waals surface area contributed by atoms with Crippen molar-refractivity contribution in [3.63, 3.8) is 0 Å². The quantitative estimate of drug-likeness (QED) is 0.808. The van der Waals surface area contributed by atoms with Crippen molar-refractivity contribution in [2.24, 2.45) is 5.92 Å². The third kappa shape index (κ3) is 3.69. The molecule has 0 heterocycles. The molecule has 0 aromatic heterocycles. The standard InChI is InChI=1S/C12H15F2NO2/c1-3-8(12(16)17-2)7-15-11-5-4-9(13)6-10(11)14/h4-6,8,15H,3,7H2,1-2H3. The second kappa shape index (κ2) is 6.18. The highest BCUT2D eigenvalue weighted by Gasteiger charge is 2.17. The molecule has 1 rings (SSSR count). The van der Waals surface area contributed by atoms with Gasteiger partial charge in [-0.1, -0.05) is 6.92 Å². The highest BCUT2D eigenvalue weighted by Crippen LogP contribution is 2.16. The van der Waals surface area contributed by atoms with Crippen LogP contribution in [-0.2, 0) is 9.53 Å². The Kier molecular flexibility index (Phi) is 4.87. The van der Waals surface area contributed by atoms with Gasteiger partial charge in [-0.05, 0) is 18.6 Å². The molecular weight excluding hydrogens is 228 g/mol. The van der Waals surface area contributed by atoms with Gasteiger partial charge in [0.05, 0.1) is 18.7 Å². The number of esters is 1. The predicted molar refractivity (Wildman–Crippen MR) is 60.6 cm³/mol. The van der Waals surface area contributed by atoms with Crippen molar-refractivity contribution >= 4 is 11.7 Å². The first-order chi connectivity index (χ1) is 8.08. The molecule has 5 heteroatoms. The highest BCUT2D eigenvalue weighted by atomic mass is 19.1. The fraction of sp³-hybridized carbons (Fsp3) is 0.417. The molecule has 3 nitrogen and oxygen atoms in total. The molecule has 0 bridgehead atoms. The summed E-state index contributed by atoms with van der Waals surface area (Å²) in [5.41, 5.74) is 0.175. The minimum atomic E-state index is -0.676. The summed E-state index contributed by atoms with van der Waals surface area (Å²) < 4.78 is 30.5. The second-order valence-electron chi connectivity index (χ2n) is 3.63. The van der Waals surface area contributed by atoms with Crippen molar-refractivity contribution in [3.05, 3.63) is 29.8 Å². The van der Waals surface area contributed by atoms with Crippen LogP contribution in [0.3, 0.4) is 0 Å². The molecule has 1 unspecified atom stereocenters. The Morgan fingerprint density at radius 3 is 2.71 bits per heavy atom. The fourth-order valence-electron chi connectivity index (χ4n) is 1.43. The number of anilines is 1. The lowest BCUT2D eigenvalue weighted by Crippen LogP contribution is -2.24. The van der Waals surface area contributed by atoms with Crippen LogP contribution in [0.2, 0.25) is 0 Å². The Hall–Kier alpha value is -1.65. The van der Waals surface area contributed by atoms with Crippen LogP contribution in [0.5, 0.6) is 0 Å². The molecule has 0 aliphatic heterocycles. The van der Waals surface area contributed by atoms with E-state index in [1.54, 1.807) is 0 Å². The van der Waals surface area contributed by atoms with E-state index in [0.29, 0.717) is 6.42 Å². The van der Waals surface area contributed by atoms with Gasteiger partial charge in [0.25, 0.3) is 0 Å². The number of nitrogens with one attached hydrogen (secondary N) is 1. The average molecular weight is 243 g/mol. The number of carbonyl (C=O) groups is 1. The summed E-state index contributed by atoms with van der Waals surface area (Å²) in [6.45, 7) is 2.09. The van der Waals surface area contributed by atoms with Gasteiger partial charge in [0.15, 0.2) is 0 Å². The van der Waals surface area contributed by atoms with E-state index < -0.39 is 11.6 Å². The Morgan fingerprint density at radius 1 is 1.47 bits per heavy atom. The molecule has 0 fully saturated rings. The SMILES string of the molecule is CCC(CNc1ccc(F)cc1F)C(=O)OC. The van der Waals surface area contributed by atoms with E-state index in [9.17, 15) is 13.6 Å². The molecule has 0 spiro atoms. The summed E-state index contributed by atoms with van der Waals surface area (Å²) in [5.74, 6) is -2.00. The first-order valence-electron chi connectivity index (χ1n) is 5.35. The number of rotatable bonds is 5. The van der Waals surface area contributed by atoms with Crippen molar-refractivity contribution in [1.82, 2.24) is 0 Å². The molecule has 1 aromatic rings. The first kappa shape index (κ1) is 13.4.